The first-order valence-electron chi connectivity index (χ1n) is 8.77. The molecule has 1 aromatic heterocycles. The van der Waals surface area contributed by atoms with E-state index in [1.165, 1.54) is 16.7 Å². The molecule has 2 heteroatoms. The Balaban J connectivity index is 1.81. The maximum absolute atomic E-state index is 6.05. The van der Waals surface area contributed by atoms with Gasteiger partial charge in [0, 0.05) is 22.4 Å². The van der Waals surface area contributed by atoms with Gasteiger partial charge < -0.3 is 10.2 Å². The van der Waals surface area contributed by atoms with Crippen LogP contribution in [0.3, 0.4) is 0 Å². The van der Waals surface area contributed by atoms with Gasteiger partial charge in [0.05, 0.1) is 0 Å². The van der Waals surface area contributed by atoms with E-state index in [9.17, 15) is 0 Å². The van der Waals surface area contributed by atoms with Crippen molar-refractivity contribution in [2.75, 3.05) is 5.73 Å². The number of nitrogen functional groups attached to an aromatic ring is 1. The van der Waals surface area contributed by atoms with Crippen molar-refractivity contribution in [3.05, 3.63) is 96.6 Å². The van der Waals surface area contributed by atoms with Gasteiger partial charge in [0.15, 0.2) is 0 Å². The molecule has 0 fully saturated rings. The quantitative estimate of drug-likeness (QED) is 0.338. The molecule has 0 saturated carbocycles. The summed E-state index contributed by atoms with van der Waals surface area (Å²) in [7, 11) is 0. The Morgan fingerprint density at radius 1 is 0.962 bits per heavy atom. The normalized spacial score (nSPS) is 13.2. The zero-order chi connectivity index (χ0) is 18.1. The third kappa shape index (κ3) is 2.80. The molecule has 1 atom stereocenters. The second-order valence-electron chi connectivity index (χ2n) is 6.56. The lowest BCUT2D eigenvalue weighted by Gasteiger charge is -2.17. The van der Waals surface area contributed by atoms with Crippen LogP contribution in [-0.2, 0) is 0 Å². The molecular weight excluding hydrogens is 318 g/mol. The molecule has 0 radical (unpaired) electrons. The molecule has 2 nitrogen and oxygen atoms in total. The van der Waals surface area contributed by atoms with Crippen LogP contribution in [0, 0.1) is 0 Å². The summed E-state index contributed by atoms with van der Waals surface area (Å²) < 4.78 is 6.05. The van der Waals surface area contributed by atoms with E-state index in [0.717, 1.165) is 27.6 Å². The van der Waals surface area contributed by atoms with Crippen LogP contribution in [0.5, 0.6) is 0 Å². The zero-order valence-electron chi connectivity index (χ0n) is 14.8. The van der Waals surface area contributed by atoms with E-state index < -0.39 is 0 Å². The smallest absolute Gasteiger partial charge is 0.135 e. The number of fused-ring (bicyclic) bond motifs is 3. The standard InChI is InChI=1S/C24H21NO/c1-3-7-20(17-8-5-4-6-9-17)16(2)18-10-12-21-22-15-19(25)11-13-23(22)26-24(21)14-18/h3-16H,1,25H2,2H3/b20-7+. The summed E-state index contributed by atoms with van der Waals surface area (Å²) in [5, 5.41) is 2.15. The highest BCUT2D eigenvalue weighted by molar-refractivity contribution is 6.06. The van der Waals surface area contributed by atoms with Crippen molar-refractivity contribution >= 4 is 33.2 Å². The fraction of sp³-hybridized carbons (Fsp3) is 0.0833. The van der Waals surface area contributed by atoms with E-state index in [1.54, 1.807) is 0 Å². The van der Waals surface area contributed by atoms with Gasteiger partial charge in [-0.2, -0.15) is 0 Å². The Morgan fingerprint density at radius 2 is 1.77 bits per heavy atom. The molecule has 0 amide bonds. The summed E-state index contributed by atoms with van der Waals surface area (Å²) in [5.74, 6) is 0.220. The Kier molecular flexibility index (Phi) is 4.10. The van der Waals surface area contributed by atoms with Crippen LogP contribution in [0.25, 0.3) is 27.5 Å². The molecule has 1 unspecified atom stereocenters. The van der Waals surface area contributed by atoms with Crippen molar-refractivity contribution in [1.29, 1.82) is 0 Å². The highest BCUT2D eigenvalue weighted by Gasteiger charge is 2.15. The first-order valence-corrected chi connectivity index (χ1v) is 8.77. The van der Waals surface area contributed by atoms with Gasteiger partial charge in [-0.3, -0.25) is 0 Å². The van der Waals surface area contributed by atoms with E-state index in [-0.39, 0.29) is 5.92 Å². The lowest BCUT2D eigenvalue weighted by Crippen LogP contribution is -1.97. The Hall–Kier alpha value is -3.26. The molecule has 128 valence electrons. The Bertz CT molecular complexity index is 1120. The fourth-order valence-electron chi connectivity index (χ4n) is 3.51. The molecule has 0 aliphatic carbocycles. The predicted octanol–water partition coefficient (Wildman–Crippen LogP) is 6.54. The number of furan rings is 1. The van der Waals surface area contributed by atoms with Crippen LogP contribution in [0.15, 0.2) is 89.9 Å². The highest BCUT2D eigenvalue weighted by Crippen LogP contribution is 2.36. The van der Waals surface area contributed by atoms with Gasteiger partial charge in [0.1, 0.15) is 11.2 Å². The van der Waals surface area contributed by atoms with Gasteiger partial charge in [-0.1, -0.05) is 68.1 Å². The van der Waals surface area contributed by atoms with E-state index >= 15 is 0 Å². The number of anilines is 1. The van der Waals surface area contributed by atoms with E-state index in [2.05, 4.69) is 62.0 Å². The van der Waals surface area contributed by atoms with Crippen LogP contribution in [0.2, 0.25) is 0 Å². The molecule has 0 aliphatic heterocycles. The summed E-state index contributed by atoms with van der Waals surface area (Å²) in [6.07, 6.45) is 3.94. The highest BCUT2D eigenvalue weighted by atomic mass is 16.3. The summed E-state index contributed by atoms with van der Waals surface area (Å²) in [6.45, 7) is 6.09. The third-order valence-corrected chi connectivity index (χ3v) is 4.89. The maximum atomic E-state index is 6.05. The van der Waals surface area contributed by atoms with Crippen LogP contribution >= 0.6 is 0 Å². The molecule has 2 N–H and O–H groups in total. The zero-order valence-corrected chi connectivity index (χ0v) is 14.8. The lowest BCUT2D eigenvalue weighted by atomic mass is 9.87. The third-order valence-electron chi connectivity index (χ3n) is 4.89. The van der Waals surface area contributed by atoms with E-state index in [0.29, 0.717) is 0 Å². The van der Waals surface area contributed by atoms with Crippen molar-refractivity contribution in [2.45, 2.75) is 12.8 Å². The van der Waals surface area contributed by atoms with Gasteiger partial charge in [0.2, 0.25) is 0 Å². The van der Waals surface area contributed by atoms with E-state index in [1.807, 2.05) is 30.3 Å². The molecule has 4 rings (SSSR count). The monoisotopic (exact) mass is 339 g/mol. The molecule has 0 bridgehead atoms. The lowest BCUT2D eigenvalue weighted by molar-refractivity contribution is 0.668. The summed E-state index contributed by atoms with van der Waals surface area (Å²) >= 11 is 0. The average Bonchev–Trinajstić information content (AvgIpc) is 3.03. The molecule has 0 spiro atoms. The van der Waals surface area contributed by atoms with Gasteiger partial charge in [-0.15, -0.1) is 0 Å². The fourth-order valence-corrected chi connectivity index (χ4v) is 3.51. The number of hydrogen-bond acceptors (Lipinski definition) is 2. The number of nitrogens with two attached hydrogens (primary N) is 1. The van der Waals surface area contributed by atoms with Crippen molar-refractivity contribution in [3.63, 3.8) is 0 Å². The summed E-state index contributed by atoms with van der Waals surface area (Å²) in [5.41, 5.74) is 12.1. The second kappa shape index (κ2) is 6.57. The van der Waals surface area contributed by atoms with Crippen LogP contribution in [-0.4, -0.2) is 0 Å². The maximum Gasteiger partial charge on any atom is 0.135 e. The van der Waals surface area contributed by atoms with Gasteiger partial charge >= 0.3 is 0 Å². The van der Waals surface area contributed by atoms with Gasteiger partial charge in [0.25, 0.3) is 0 Å². The summed E-state index contributed by atoms with van der Waals surface area (Å²) in [4.78, 5) is 0. The minimum atomic E-state index is 0.220. The molecule has 1 heterocycles. The molecule has 0 saturated heterocycles. The van der Waals surface area contributed by atoms with Crippen LogP contribution in [0.4, 0.5) is 5.69 Å². The molecule has 4 aromatic rings. The number of benzene rings is 3. The first-order chi connectivity index (χ1) is 12.7. The predicted molar refractivity (Wildman–Crippen MR) is 111 cm³/mol. The van der Waals surface area contributed by atoms with Crippen LogP contribution in [0.1, 0.15) is 24.0 Å². The van der Waals surface area contributed by atoms with Crippen LogP contribution < -0.4 is 5.73 Å². The number of allylic oxidation sites excluding steroid dienone is 3. The van der Waals surface area contributed by atoms with Gasteiger partial charge in [-0.25, -0.2) is 0 Å². The SMILES string of the molecule is C=C/C=C(/c1ccccc1)C(C)c1ccc2c(c1)oc1ccc(N)cc12. The Morgan fingerprint density at radius 3 is 2.54 bits per heavy atom. The topological polar surface area (TPSA) is 39.2 Å². The largest absolute Gasteiger partial charge is 0.456 e. The van der Waals surface area contributed by atoms with E-state index in [4.69, 9.17) is 10.2 Å². The summed E-state index contributed by atoms with van der Waals surface area (Å²) in [6, 6.07) is 22.6. The number of hydrogen-bond donors (Lipinski definition) is 1. The molecule has 0 aliphatic rings. The molecule has 3 aromatic carbocycles. The van der Waals surface area contributed by atoms with Crippen molar-refractivity contribution in [3.8, 4) is 0 Å². The van der Waals surface area contributed by atoms with Crippen molar-refractivity contribution in [2.24, 2.45) is 0 Å². The number of rotatable bonds is 4. The minimum absolute atomic E-state index is 0.220. The first kappa shape index (κ1) is 16.2. The van der Waals surface area contributed by atoms with Crippen molar-refractivity contribution < 1.29 is 4.42 Å². The van der Waals surface area contributed by atoms with Crippen molar-refractivity contribution in [1.82, 2.24) is 0 Å². The minimum Gasteiger partial charge on any atom is -0.456 e. The molecule has 26 heavy (non-hydrogen) atoms. The average molecular weight is 339 g/mol. The second-order valence-corrected chi connectivity index (χ2v) is 6.56. The van der Waals surface area contributed by atoms with Gasteiger partial charge in [-0.05, 0) is 41.0 Å². The molecular formula is C24H21NO. The Labute approximate surface area is 153 Å².